The number of halogens is 1. The van der Waals surface area contributed by atoms with E-state index < -0.39 is 5.79 Å². The molecule has 2 aliphatic rings. The number of nitrogens with zero attached hydrogens (tertiary/aromatic N) is 1. The lowest BCUT2D eigenvalue weighted by Crippen LogP contribution is -2.47. The van der Waals surface area contributed by atoms with Crippen LogP contribution >= 0.6 is 15.9 Å². The molecule has 0 radical (unpaired) electrons. The minimum absolute atomic E-state index is 0.152. The standard InChI is InChI=1S/C27H36BrN3O4/c1-7-31(6)19-10-8-18(9-11-19)27(5)34-23-17(4)20(13-22(28)24(23)35-27)25(32)29-14-21-15(2)12-16(3)30-26(21)33/h12-13,18-19H,7-11,14H2,1-6H3,(H,29,32)(H,30,33)/t18-,19-,27?. The van der Waals surface area contributed by atoms with Gasteiger partial charge in [-0.05, 0) is 93.7 Å². The van der Waals surface area contributed by atoms with Gasteiger partial charge in [0.25, 0.3) is 17.3 Å². The van der Waals surface area contributed by atoms with Crippen LogP contribution < -0.4 is 20.3 Å². The Morgan fingerprint density at radius 1 is 1.17 bits per heavy atom. The van der Waals surface area contributed by atoms with E-state index >= 15 is 0 Å². The number of benzene rings is 1. The van der Waals surface area contributed by atoms with Crippen LogP contribution in [-0.4, -0.2) is 41.2 Å². The number of carbonyl (C=O) groups is 1. The second-order valence-electron chi connectivity index (χ2n) is 10.1. The number of hydrogen-bond acceptors (Lipinski definition) is 5. The number of pyridine rings is 1. The van der Waals surface area contributed by atoms with Crippen LogP contribution in [0.25, 0.3) is 0 Å². The third kappa shape index (κ3) is 5.00. The zero-order valence-corrected chi connectivity index (χ0v) is 23.1. The van der Waals surface area contributed by atoms with Crippen LogP contribution in [0.15, 0.2) is 21.4 Å². The summed E-state index contributed by atoms with van der Waals surface area (Å²) in [6.07, 6.45) is 4.32. The molecule has 1 aromatic carbocycles. The molecule has 2 heterocycles. The molecule has 7 nitrogen and oxygen atoms in total. The highest BCUT2D eigenvalue weighted by Crippen LogP contribution is 2.51. The predicted molar refractivity (Wildman–Crippen MR) is 140 cm³/mol. The fourth-order valence-corrected chi connectivity index (χ4v) is 5.90. The van der Waals surface area contributed by atoms with E-state index in [0.29, 0.717) is 33.1 Å². The molecule has 1 aromatic heterocycles. The molecule has 0 spiro atoms. The number of nitrogens with one attached hydrogen (secondary N) is 2. The van der Waals surface area contributed by atoms with Crippen molar-refractivity contribution in [2.24, 2.45) is 5.92 Å². The van der Waals surface area contributed by atoms with Crippen molar-refractivity contribution >= 4 is 21.8 Å². The van der Waals surface area contributed by atoms with Gasteiger partial charge in [-0.25, -0.2) is 0 Å². The Morgan fingerprint density at radius 2 is 1.83 bits per heavy atom. The summed E-state index contributed by atoms with van der Waals surface area (Å²) in [4.78, 5) is 30.7. The van der Waals surface area contributed by atoms with Crippen LogP contribution in [0.5, 0.6) is 11.5 Å². The quantitative estimate of drug-likeness (QED) is 0.534. The Balaban J connectivity index is 1.50. The van der Waals surface area contributed by atoms with E-state index in [1.165, 1.54) is 0 Å². The van der Waals surface area contributed by atoms with Gasteiger partial charge in [0.15, 0.2) is 11.5 Å². The lowest BCUT2D eigenvalue weighted by Gasteiger charge is -2.39. The van der Waals surface area contributed by atoms with Gasteiger partial charge < -0.3 is 24.7 Å². The van der Waals surface area contributed by atoms with Gasteiger partial charge >= 0.3 is 0 Å². The van der Waals surface area contributed by atoms with Crippen molar-refractivity contribution in [2.45, 2.75) is 78.7 Å². The first-order valence-electron chi connectivity index (χ1n) is 12.4. The number of aryl methyl sites for hydroxylation is 2. The average molecular weight is 547 g/mol. The summed E-state index contributed by atoms with van der Waals surface area (Å²) >= 11 is 3.59. The lowest BCUT2D eigenvalue weighted by molar-refractivity contribution is -0.123. The summed E-state index contributed by atoms with van der Waals surface area (Å²) in [5, 5.41) is 2.90. The molecule has 0 saturated heterocycles. The van der Waals surface area contributed by atoms with Crippen molar-refractivity contribution in [3.8, 4) is 11.5 Å². The normalized spacial score (nSPS) is 23.5. The van der Waals surface area contributed by atoms with Crippen LogP contribution in [0.4, 0.5) is 0 Å². The number of ether oxygens (including phenoxy) is 2. The monoisotopic (exact) mass is 545 g/mol. The highest BCUT2D eigenvalue weighted by molar-refractivity contribution is 9.10. The molecule has 1 amide bonds. The van der Waals surface area contributed by atoms with Crippen LogP contribution in [0, 0.1) is 26.7 Å². The maximum absolute atomic E-state index is 13.1. The summed E-state index contributed by atoms with van der Waals surface area (Å²) in [5.41, 5.74) is 3.26. The number of hydrogen-bond donors (Lipinski definition) is 2. The summed E-state index contributed by atoms with van der Waals surface area (Å²) in [5.74, 6) is 0.526. The molecule has 1 aliphatic heterocycles. The van der Waals surface area contributed by atoms with Gasteiger partial charge in [0.05, 0.1) is 4.47 Å². The molecule has 8 heteroatoms. The number of rotatable bonds is 6. The zero-order valence-electron chi connectivity index (χ0n) is 21.5. The minimum atomic E-state index is -0.757. The topological polar surface area (TPSA) is 83.7 Å². The van der Waals surface area contributed by atoms with Gasteiger partial charge in [-0.2, -0.15) is 0 Å². The number of fused-ring (bicyclic) bond motifs is 1. The Morgan fingerprint density at radius 3 is 2.46 bits per heavy atom. The number of aromatic nitrogens is 1. The molecule has 1 saturated carbocycles. The summed E-state index contributed by atoms with van der Waals surface area (Å²) in [6.45, 7) is 11.0. The Hall–Kier alpha value is -2.32. The largest absolute Gasteiger partial charge is 0.448 e. The third-order valence-electron chi connectivity index (χ3n) is 7.77. The smallest absolute Gasteiger partial charge is 0.253 e. The molecule has 0 bridgehead atoms. The van der Waals surface area contributed by atoms with Crippen molar-refractivity contribution in [1.82, 2.24) is 15.2 Å². The van der Waals surface area contributed by atoms with Gasteiger partial charge in [-0.1, -0.05) is 6.92 Å². The van der Waals surface area contributed by atoms with Crippen molar-refractivity contribution in [1.29, 1.82) is 0 Å². The fourth-order valence-electron chi connectivity index (χ4n) is 5.41. The average Bonchev–Trinajstić information content (AvgIpc) is 3.20. The zero-order chi connectivity index (χ0) is 25.5. The molecule has 1 atom stereocenters. The molecular weight excluding hydrogens is 510 g/mol. The van der Waals surface area contributed by atoms with Gasteiger partial charge in [-0.15, -0.1) is 0 Å². The molecule has 2 aromatic rings. The summed E-state index contributed by atoms with van der Waals surface area (Å²) in [6, 6.07) is 4.29. The first-order valence-corrected chi connectivity index (χ1v) is 13.2. The number of carbonyl (C=O) groups excluding carboxylic acids is 1. The molecule has 1 unspecified atom stereocenters. The Bertz CT molecular complexity index is 1190. The SMILES string of the molecule is CCN(C)[C@H]1CC[C@H](C2(C)Oc3c(Br)cc(C(=O)NCc4c(C)cc(C)[nH]c4=O)c(C)c3O2)CC1. The summed E-state index contributed by atoms with van der Waals surface area (Å²) < 4.78 is 13.6. The van der Waals surface area contributed by atoms with Crippen LogP contribution in [0.3, 0.4) is 0 Å². The first-order chi connectivity index (χ1) is 16.5. The van der Waals surface area contributed by atoms with Crippen molar-refractivity contribution in [3.05, 3.63) is 54.9 Å². The second kappa shape index (κ2) is 9.97. The number of H-pyrrole nitrogens is 1. The van der Waals surface area contributed by atoms with Crippen molar-refractivity contribution in [3.63, 3.8) is 0 Å². The lowest BCUT2D eigenvalue weighted by atomic mass is 9.81. The maximum atomic E-state index is 13.1. The van der Waals surface area contributed by atoms with E-state index in [0.717, 1.165) is 49.0 Å². The van der Waals surface area contributed by atoms with Crippen LogP contribution in [0.2, 0.25) is 0 Å². The molecule has 1 fully saturated rings. The highest BCUT2D eigenvalue weighted by atomic mass is 79.9. The number of amides is 1. The van der Waals surface area contributed by atoms with E-state index in [1.54, 1.807) is 6.07 Å². The van der Waals surface area contributed by atoms with Crippen molar-refractivity contribution in [2.75, 3.05) is 13.6 Å². The minimum Gasteiger partial charge on any atom is -0.448 e. The van der Waals surface area contributed by atoms with E-state index in [2.05, 4.69) is 45.1 Å². The van der Waals surface area contributed by atoms with Gasteiger partial charge in [0.1, 0.15) is 0 Å². The molecule has 4 rings (SSSR count). The molecule has 1 aliphatic carbocycles. The molecular formula is C27H36BrN3O4. The van der Waals surface area contributed by atoms with E-state index in [1.807, 2.05) is 33.8 Å². The number of aromatic amines is 1. The van der Waals surface area contributed by atoms with E-state index in [4.69, 9.17) is 9.47 Å². The maximum Gasteiger partial charge on any atom is 0.253 e. The summed E-state index contributed by atoms with van der Waals surface area (Å²) in [7, 11) is 2.19. The van der Waals surface area contributed by atoms with Crippen molar-refractivity contribution < 1.29 is 14.3 Å². The van der Waals surface area contributed by atoms with Gasteiger partial charge in [0.2, 0.25) is 0 Å². The highest BCUT2D eigenvalue weighted by Gasteiger charge is 2.47. The predicted octanol–water partition coefficient (Wildman–Crippen LogP) is 4.99. The molecule has 35 heavy (non-hydrogen) atoms. The Labute approximate surface area is 215 Å². The van der Waals surface area contributed by atoms with Gasteiger partial charge in [-0.3, -0.25) is 9.59 Å². The van der Waals surface area contributed by atoms with E-state index in [-0.39, 0.29) is 23.9 Å². The van der Waals surface area contributed by atoms with Crippen LogP contribution in [0.1, 0.15) is 72.3 Å². The Kier molecular flexibility index (Phi) is 7.34. The second-order valence-corrected chi connectivity index (χ2v) is 11.0. The first kappa shape index (κ1) is 25.8. The fraction of sp³-hybridized carbons (Fsp3) is 0.556. The van der Waals surface area contributed by atoms with Crippen LogP contribution in [-0.2, 0) is 6.54 Å². The molecule has 190 valence electrons. The van der Waals surface area contributed by atoms with E-state index in [9.17, 15) is 9.59 Å². The van der Waals surface area contributed by atoms with Gasteiger partial charge in [0, 0.05) is 47.8 Å². The molecule has 2 N–H and O–H groups in total. The third-order valence-corrected chi connectivity index (χ3v) is 8.36.